The molecule has 0 radical (unpaired) electrons. The summed E-state index contributed by atoms with van der Waals surface area (Å²) in [4.78, 5) is 3.20. The van der Waals surface area contributed by atoms with Gasteiger partial charge in [0.15, 0.2) is 5.82 Å². The first-order valence-electron chi connectivity index (χ1n) is 5.08. The van der Waals surface area contributed by atoms with Crippen LogP contribution in [-0.2, 0) is 10.0 Å². The Morgan fingerprint density at radius 1 is 1.32 bits per heavy atom. The molecule has 100 valence electrons. The number of hydrogen-bond donors (Lipinski definition) is 2. The Morgan fingerprint density at radius 2 is 2.05 bits per heavy atom. The van der Waals surface area contributed by atoms with Gasteiger partial charge in [0.05, 0.1) is 5.02 Å². The second kappa shape index (κ2) is 5.02. The van der Waals surface area contributed by atoms with Gasteiger partial charge < -0.3 is 5.73 Å². The maximum absolute atomic E-state index is 13.5. The van der Waals surface area contributed by atoms with Crippen molar-refractivity contribution >= 4 is 33.1 Å². The van der Waals surface area contributed by atoms with Gasteiger partial charge in [0.1, 0.15) is 10.7 Å². The molecule has 0 aliphatic carbocycles. The lowest BCUT2D eigenvalue weighted by molar-refractivity contribution is 0.570. The smallest absolute Gasteiger partial charge is 0.266 e. The minimum absolute atomic E-state index is 0.0778. The van der Waals surface area contributed by atoms with Gasteiger partial charge in [0.2, 0.25) is 0 Å². The van der Waals surface area contributed by atoms with E-state index < -0.39 is 20.7 Å². The molecule has 0 spiro atoms. The van der Waals surface area contributed by atoms with Gasteiger partial charge in [0.25, 0.3) is 10.0 Å². The van der Waals surface area contributed by atoms with Gasteiger partial charge in [-0.05, 0) is 30.3 Å². The van der Waals surface area contributed by atoms with Gasteiger partial charge in [0, 0.05) is 11.9 Å². The van der Waals surface area contributed by atoms with Crippen LogP contribution in [0.5, 0.6) is 0 Å². The second-order valence-electron chi connectivity index (χ2n) is 3.63. The van der Waals surface area contributed by atoms with Crippen LogP contribution in [0.1, 0.15) is 0 Å². The molecule has 8 heteroatoms. The van der Waals surface area contributed by atoms with E-state index >= 15 is 0 Å². The van der Waals surface area contributed by atoms with E-state index in [0.717, 1.165) is 12.1 Å². The number of aromatic nitrogens is 1. The van der Waals surface area contributed by atoms with Crippen LogP contribution in [0.4, 0.5) is 15.9 Å². The van der Waals surface area contributed by atoms with Crippen LogP contribution < -0.4 is 10.5 Å². The molecule has 2 aromatic rings. The van der Waals surface area contributed by atoms with E-state index in [4.69, 9.17) is 17.3 Å². The summed E-state index contributed by atoms with van der Waals surface area (Å²) in [5.41, 5.74) is 5.58. The van der Waals surface area contributed by atoms with E-state index in [9.17, 15) is 12.8 Å². The number of nitrogens with zero attached hydrogens (tertiary/aromatic N) is 1. The molecule has 0 unspecified atom stereocenters. The highest BCUT2D eigenvalue weighted by Crippen LogP contribution is 2.24. The van der Waals surface area contributed by atoms with Crippen molar-refractivity contribution in [2.75, 3.05) is 10.5 Å². The van der Waals surface area contributed by atoms with Crippen molar-refractivity contribution in [3.05, 3.63) is 47.4 Å². The summed E-state index contributed by atoms with van der Waals surface area (Å²) in [6.45, 7) is 0. The molecule has 19 heavy (non-hydrogen) atoms. The maximum Gasteiger partial charge on any atom is 0.266 e. The van der Waals surface area contributed by atoms with Crippen molar-refractivity contribution in [1.29, 1.82) is 0 Å². The zero-order valence-corrected chi connectivity index (χ0v) is 11.0. The van der Waals surface area contributed by atoms with Gasteiger partial charge in [-0.15, -0.1) is 0 Å². The van der Waals surface area contributed by atoms with Crippen LogP contribution in [0.2, 0.25) is 5.02 Å². The third-order valence-electron chi connectivity index (χ3n) is 2.23. The van der Waals surface area contributed by atoms with Crippen molar-refractivity contribution in [3.63, 3.8) is 0 Å². The number of pyridine rings is 1. The lowest BCUT2D eigenvalue weighted by atomic mass is 10.3. The van der Waals surface area contributed by atoms with Crippen molar-refractivity contribution in [1.82, 2.24) is 4.98 Å². The number of anilines is 2. The quantitative estimate of drug-likeness (QED) is 0.852. The molecule has 1 heterocycles. The highest BCUT2D eigenvalue weighted by molar-refractivity contribution is 7.92. The predicted molar refractivity (Wildman–Crippen MR) is 70.9 cm³/mol. The predicted octanol–water partition coefficient (Wildman–Crippen LogP) is 2.26. The van der Waals surface area contributed by atoms with Crippen LogP contribution >= 0.6 is 11.6 Å². The van der Waals surface area contributed by atoms with E-state index in [-0.39, 0.29) is 16.5 Å². The van der Waals surface area contributed by atoms with Crippen LogP contribution in [0.25, 0.3) is 0 Å². The molecular weight excluding hydrogens is 293 g/mol. The zero-order chi connectivity index (χ0) is 14.0. The average molecular weight is 302 g/mol. The molecule has 0 aliphatic rings. The Balaban J connectivity index is 2.44. The molecule has 3 N–H and O–H groups in total. The van der Waals surface area contributed by atoms with Gasteiger partial charge in [-0.3, -0.25) is 4.72 Å². The molecule has 0 saturated heterocycles. The topological polar surface area (TPSA) is 85.1 Å². The van der Waals surface area contributed by atoms with Crippen molar-refractivity contribution in [2.45, 2.75) is 4.90 Å². The molecule has 1 aromatic carbocycles. The number of nitrogen functional groups attached to an aromatic ring is 1. The first-order chi connectivity index (χ1) is 8.90. The number of benzene rings is 1. The number of sulfonamides is 1. The van der Waals surface area contributed by atoms with E-state index in [0.29, 0.717) is 0 Å². The summed E-state index contributed by atoms with van der Waals surface area (Å²) in [6, 6.07) is 6.27. The number of hydrogen-bond acceptors (Lipinski definition) is 4. The van der Waals surface area contributed by atoms with Crippen LogP contribution in [-0.4, -0.2) is 13.4 Å². The molecule has 5 nitrogen and oxygen atoms in total. The van der Waals surface area contributed by atoms with Crippen molar-refractivity contribution in [3.8, 4) is 0 Å². The van der Waals surface area contributed by atoms with E-state index in [2.05, 4.69) is 9.71 Å². The molecule has 0 saturated carbocycles. The first kappa shape index (κ1) is 13.6. The largest absolute Gasteiger partial charge is 0.399 e. The molecule has 2 rings (SSSR count). The summed E-state index contributed by atoms with van der Waals surface area (Å²) < 4.78 is 39.7. The molecule has 0 atom stereocenters. The maximum atomic E-state index is 13.5. The number of halogens is 2. The molecule has 1 aromatic heterocycles. The highest BCUT2D eigenvalue weighted by Gasteiger charge is 2.21. The summed E-state index contributed by atoms with van der Waals surface area (Å²) in [6.07, 6.45) is 1.36. The zero-order valence-electron chi connectivity index (χ0n) is 9.47. The summed E-state index contributed by atoms with van der Waals surface area (Å²) in [7, 11) is -4.14. The van der Waals surface area contributed by atoms with E-state index in [1.54, 1.807) is 6.07 Å². The molecule has 0 fully saturated rings. The van der Waals surface area contributed by atoms with Crippen LogP contribution in [0.3, 0.4) is 0 Å². The van der Waals surface area contributed by atoms with Gasteiger partial charge >= 0.3 is 0 Å². The fourth-order valence-corrected chi connectivity index (χ4v) is 2.74. The minimum Gasteiger partial charge on any atom is -0.399 e. The normalized spacial score (nSPS) is 11.3. The molecule has 0 amide bonds. The first-order valence-corrected chi connectivity index (χ1v) is 6.94. The SMILES string of the molecule is Nc1ccc(F)c(S(=O)(=O)Nc2ncccc2Cl)c1. The summed E-state index contributed by atoms with van der Waals surface area (Å²) >= 11 is 5.78. The fraction of sp³-hybridized carbons (Fsp3) is 0. The van der Waals surface area contributed by atoms with E-state index in [1.807, 2.05) is 0 Å². The Labute approximate surface area is 114 Å². The lowest BCUT2D eigenvalue weighted by Crippen LogP contribution is -2.16. The van der Waals surface area contributed by atoms with Crippen LogP contribution in [0.15, 0.2) is 41.4 Å². The van der Waals surface area contributed by atoms with Crippen LogP contribution in [0, 0.1) is 5.82 Å². The van der Waals surface area contributed by atoms with Gasteiger partial charge in [-0.1, -0.05) is 11.6 Å². The number of nitrogens with two attached hydrogens (primary N) is 1. The van der Waals surface area contributed by atoms with Crippen molar-refractivity contribution < 1.29 is 12.8 Å². The summed E-state index contributed by atoms with van der Waals surface area (Å²) in [5, 5.41) is 0.107. The molecule has 0 aliphatic heterocycles. The standard InChI is InChI=1S/C11H9ClFN3O2S/c12-8-2-1-5-15-11(8)16-19(17,18)10-6-7(14)3-4-9(10)13/h1-6H,14H2,(H,15,16). The second-order valence-corrected chi connectivity index (χ2v) is 5.69. The van der Waals surface area contributed by atoms with Gasteiger partial charge in [-0.25, -0.2) is 17.8 Å². The van der Waals surface area contributed by atoms with E-state index in [1.165, 1.54) is 18.3 Å². The highest BCUT2D eigenvalue weighted by atomic mass is 35.5. The Hall–Kier alpha value is -1.86. The minimum atomic E-state index is -4.14. The number of rotatable bonds is 3. The summed E-state index contributed by atoms with van der Waals surface area (Å²) in [5.74, 6) is -0.986. The lowest BCUT2D eigenvalue weighted by Gasteiger charge is -2.09. The Bertz CT molecular complexity index is 722. The molecular formula is C11H9ClFN3O2S. The van der Waals surface area contributed by atoms with Gasteiger partial charge in [-0.2, -0.15) is 0 Å². The van der Waals surface area contributed by atoms with Crippen molar-refractivity contribution in [2.24, 2.45) is 0 Å². The molecule has 0 bridgehead atoms. The Morgan fingerprint density at radius 3 is 2.74 bits per heavy atom. The average Bonchev–Trinajstić information content (AvgIpc) is 2.35. The third kappa shape index (κ3) is 2.94. The Kier molecular flexibility index (Phi) is 3.59. The fourth-order valence-electron chi connectivity index (χ4n) is 1.37. The monoisotopic (exact) mass is 301 g/mol. The third-order valence-corrected chi connectivity index (χ3v) is 3.89. The number of nitrogens with one attached hydrogen (secondary N) is 1.